The summed E-state index contributed by atoms with van der Waals surface area (Å²) >= 11 is 0. The average Bonchev–Trinajstić information content (AvgIpc) is 2.66. The maximum absolute atomic E-state index is 14.4. The van der Waals surface area contributed by atoms with Gasteiger partial charge in [-0.1, -0.05) is 46.0 Å². The third-order valence-electron chi connectivity index (χ3n) is 5.91. The van der Waals surface area contributed by atoms with Gasteiger partial charge in [0.1, 0.15) is 0 Å². The summed E-state index contributed by atoms with van der Waals surface area (Å²) in [6.45, 7) is 4.88. The Bertz CT molecular complexity index is 594. The van der Waals surface area contributed by atoms with Gasteiger partial charge < -0.3 is 9.47 Å². The summed E-state index contributed by atoms with van der Waals surface area (Å²) < 4.78 is 40.2. The Kier molecular flexibility index (Phi) is 6.91. The highest BCUT2D eigenvalue weighted by Gasteiger charge is 2.28. The summed E-state index contributed by atoms with van der Waals surface area (Å²) in [4.78, 5) is 0. The van der Waals surface area contributed by atoms with E-state index in [1.54, 1.807) is 6.07 Å². The first-order chi connectivity index (χ1) is 12.6. The molecule has 2 aliphatic rings. The van der Waals surface area contributed by atoms with Gasteiger partial charge in [-0.15, -0.1) is 0 Å². The van der Waals surface area contributed by atoms with Crippen molar-refractivity contribution in [1.82, 2.24) is 0 Å². The van der Waals surface area contributed by atoms with E-state index >= 15 is 0 Å². The summed E-state index contributed by atoms with van der Waals surface area (Å²) in [6.07, 6.45) is 9.86. The van der Waals surface area contributed by atoms with Crippen LogP contribution in [-0.2, 0) is 17.6 Å². The van der Waals surface area contributed by atoms with Crippen molar-refractivity contribution < 1.29 is 18.3 Å². The Morgan fingerprint density at radius 1 is 1.00 bits per heavy atom. The van der Waals surface area contributed by atoms with Crippen molar-refractivity contribution in [2.45, 2.75) is 84.3 Å². The van der Waals surface area contributed by atoms with Crippen molar-refractivity contribution in [3.8, 4) is 5.75 Å². The van der Waals surface area contributed by atoms with E-state index in [1.807, 2.05) is 6.92 Å². The van der Waals surface area contributed by atoms with Gasteiger partial charge in [0.15, 0.2) is 17.9 Å². The third kappa shape index (κ3) is 4.57. The smallest absolute Gasteiger partial charge is 0.201 e. The van der Waals surface area contributed by atoms with Crippen molar-refractivity contribution in [1.29, 1.82) is 0 Å². The van der Waals surface area contributed by atoms with Gasteiger partial charge in [0.05, 0.1) is 6.61 Å². The molecule has 146 valence electrons. The van der Waals surface area contributed by atoms with E-state index in [0.29, 0.717) is 37.4 Å². The highest BCUT2D eigenvalue weighted by Crippen LogP contribution is 2.36. The van der Waals surface area contributed by atoms with Crippen LogP contribution >= 0.6 is 0 Å². The van der Waals surface area contributed by atoms with Gasteiger partial charge >= 0.3 is 0 Å². The lowest BCUT2D eigenvalue weighted by Crippen LogP contribution is -2.30. The fourth-order valence-electron chi connectivity index (χ4n) is 4.40. The molecule has 1 aliphatic heterocycles. The maximum Gasteiger partial charge on any atom is 0.201 e. The number of hydrogen-bond donors (Lipinski definition) is 0. The topological polar surface area (TPSA) is 18.5 Å². The predicted octanol–water partition coefficient (Wildman–Crippen LogP) is 6.19. The average molecular weight is 366 g/mol. The van der Waals surface area contributed by atoms with Crippen molar-refractivity contribution in [3.63, 3.8) is 0 Å². The zero-order valence-electron chi connectivity index (χ0n) is 16.2. The van der Waals surface area contributed by atoms with E-state index in [-0.39, 0.29) is 5.75 Å². The molecule has 1 atom stereocenters. The Hall–Kier alpha value is -1.16. The molecule has 0 spiro atoms. The fraction of sp³-hybridized carbons (Fsp3) is 0.727. The Balaban J connectivity index is 1.53. The number of ether oxygens (including phenoxy) is 2. The molecular formula is C22H32F2O2. The molecule has 0 radical (unpaired) electrons. The van der Waals surface area contributed by atoms with Crippen LogP contribution in [0.1, 0.15) is 76.3 Å². The minimum absolute atomic E-state index is 0.0604. The van der Waals surface area contributed by atoms with Gasteiger partial charge in [-0.3, -0.25) is 0 Å². The molecule has 1 fully saturated rings. The van der Waals surface area contributed by atoms with E-state index in [0.717, 1.165) is 17.9 Å². The molecule has 0 amide bonds. The number of fused-ring (bicyclic) bond motifs is 1. The fourth-order valence-corrected chi connectivity index (χ4v) is 4.40. The lowest BCUT2D eigenvalue weighted by molar-refractivity contribution is -0.107. The van der Waals surface area contributed by atoms with Gasteiger partial charge in [0.2, 0.25) is 5.82 Å². The highest BCUT2D eigenvalue weighted by atomic mass is 19.2. The molecule has 0 aromatic heterocycles. The molecule has 2 nitrogen and oxygen atoms in total. The Morgan fingerprint density at radius 3 is 2.42 bits per heavy atom. The van der Waals surface area contributed by atoms with Crippen molar-refractivity contribution in [3.05, 3.63) is 28.8 Å². The van der Waals surface area contributed by atoms with Crippen LogP contribution in [0.3, 0.4) is 0 Å². The first kappa shape index (κ1) is 19.6. The van der Waals surface area contributed by atoms with Crippen LogP contribution in [0.25, 0.3) is 0 Å². The summed E-state index contributed by atoms with van der Waals surface area (Å²) in [5, 5.41) is 0. The summed E-state index contributed by atoms with van der Waals surface area (Å²) in [6, 6.07) is 1.77. The monoisotopic (exact) mass is 366 g/mol. The highest BCUT2D eigenvalue weighted by molar-refractivity contribution is 5.41. The zero-order valence-corrected chi connectivity index (χ0v) is 16.2. The lowest BCUT2D eigenvalue weighted by atomic mass is 9.80. The summed E-state index contributed by atoms with van der Waals surface area (Å²) in [5.74, 6) is -0.102. The van der Waals surface area contributed by atoms with Gasteiger partial charge in [0, 0.05) is 6.42 Å². The predicted molar refractivity (Wildman–Crippen MR) is 99.4 cm³/mol. The summed E-state index contributed by atoms with van der Waals surface area (Å²) in [7, 11) is 0. The molecule has 4 heteroatoms. The molecule has 0 saturated heterocycles. The minimum Gasteiger partial charge on any atom is -0.461 e. The van der Waals surface area contributed by atoms with Crippen molar-refractivity contribution in [2.75, 3.05) is 6.61 Å². The molecular weight excluding hydrogens is 334 g/mol. The van der Waals surface area contributed by atoms with Gasteiger partial charge in [-0.25, -0.2) is 4.39 Å². The van der Waals surface area contributed by atoms with E-state index < -0.39 is 17.9 Å². The van der Waals surface area contributed by atoms with Crippen LogP contribution in [0.2, 0.25) is 0 Å². The standard InChI is InChI=1S/C22H32F2O2/c1-3-5-15-7-9-16(10-8-15)14-25-19-12-11-18-13-17(6-4-2)20(23)21(24)22(18)26-19/h13,15-16,19H,3-12,14H2,1-2H3. The molecule has 26 heavy (non-hydrogen) atoms. The second kappa shape index (κ2) is 9.16. The van der Waals surface area contributed by atoms with Gasteiger partial charge in [0.25, 0.3) is 0 Å². The number of halogens is 2. The van der Waals surface area contributed by atoms with Crippen LogP contribution < -0.4 is 4.74 Å². The SMILES string of the molecule is CCCc1cc2c(c(F)c1F)OC(OCC1CCC(CCC)CC1)CC2. The normalized spacial score (nSPS) is 25.6. The van der Waals surface area contributed by atoms with E-state index in [9.17, 15) is 8.78 Å². The summed E-state index contributed by atoms with van der Waals surface area (Å²) in [5.41, 5.74) is 1.22. The maximum atomic E-state index is 14.4. The van der Waals surface area contributed by atoms with E-state index in [1.165, 1.54) is 38.5 Å². The molecule has 1 aromatic carbocycles. The third-order valence-corrected chi connectivity index (χ3v) is 5.91. The quantitative estimate of drug-likeness (QED) is 0.573. The molecule has 1 heterocycles. The molecule has 1 aliphatic carbocycles. The number of benzene rings is 1. The number of aryl methyl sites for hydroxylation is 2. The van der Waals surface area contributed by atoms with E-state index in [2.05, 4.69) is 6.92 Å². The van der Waals surface area contributed by atoms with Crippen molar-refractivity contribution in [2.24, 2.45) is 11.8 Å². The van der Waals surface area contributed by atoms with Crippen LogP contribution in [0.4, 0.5) is 8.78 Å². The Labute approximate surface area is 156 Å². The first-order valence-corrected chi connectivity index (χ1v) is 10.4. The van der Waals surface area contributed by atoms with Crippen LogP contribution in [0.5, 0.6) is 5.75 Å². The Morgan fingerprint density at radius 2 is 1.73 bits per heavy atom. The minimum atomic E-state index is -0.848. The molecule has 0 bridgehead atoms. The second-order valence-electron chi connectivity index (χ2n) is 8.00. The molecule has 1 unspecified atom stereocenters. The van der Waals surface area contributed by atoms with Crippen molar-refractivity contribution >= 4 is 0 Å². The molecule has 1 saturated carbocycles. The zero-order chi connectivity index (χ0) is 18.5. The molecule has 0 N–H and O–H groups in total. The van der Waals surface area contributed by atoms with Gasteiger partial charge in [-0.2, -0.15) is 4.39 Å². The van der Waals surface area contributed by atoms with Crippen LogP contribution in [-0.4, -0.2) is 12.9 Å². The number of rotatable bonds is 7. The van der Waals surface area contributed by atoms with Crippen LogP contribution in [0, 0.1) is 23.5 Å². The number of hydrogen-bond acceptors (Lipinski definition) is 2. The molecule has 3 rings (SSSR count). The second-order valence-corrected chi connectivity index (χ2v) is 8.00. The van der Waals surface area contributed by atoms with E-state index in [4.69, 9.17) is 9.47 Å². The molecule has 1 aromatic rings. The van der Waals surface area contributed by atoms with Crippen LogP contribution in [0.15, 0.2) is 6.07 Å². The largest absolute Gasteiger partial charge is 0.461 e. The lowest BCUT2D eigenvalue weighted by Gasteiger charge is -2.31. The van der Waals surface area contributed by atoms with Gasteiger partial charge in [-0.05, 0) is 54.7 Å². The first-order valence-electron chi connectivity index (χ1n) is 10.4.